The van der Waals surface area contributed by atoms with Crippen molar-refractivity contribution in [2.24, 2.45) is 0 Å². The lowest BCUT2D eigenvalue weighted by Crippen LogP contribution is -2.38. The fourth-order valence-electron chi connectivity index (χ4n) is 3.04. The Morgan fingerprint density at radius 3 is 2.79 bits per heavy atom. The first-order chi connectivity index (χ1) is 13.5. The second-order valence-corrected chi connectivity index (χ2v) is 6.82. The lowest BCUT2D eigenvalue weighted by Gasteiger charge is -2.24. The van der Waals surface area contributed by atoms with Crippen molar-refractivity contribution in [3.63, 3.8) is 0 Å². The third-order valence-corrected chi connectivity index (χ3v) is 4.75. The fraction of sp³-hybridized carbons (Fsp3) is 0.400. The van der Waals surface area contributed by atoms with E-state index >= 15 is 0 Å². The van der Waals surface area contributed by atoms with E-state index in [4.69, 9.17) is 9.47 Å². The van der Waals surface area contributed by atoms with E-state index in [9.17, 15) is 15.0 Å². The number of methoxy groups -OCH3 is 1. The number of carbonyl (C=O) groups is 1. The largest absolute Gasteiger partial charge is 0.497 e. The molecule has 0 bridgehead atoms. The summed E-state index contributed by atoms with van der Waals surface area (Å²) in [6, 6.07) is 10.3. The molecule has 0 spiro atoms. The van der Waals surface area contributed by atoms with E-state index in [1.165, 1.54) is 6.20 Å². The molecule has 1 fully saturated rings. The molecule has 150 valence electrons. The van der Waals surface area contributed by atoms with Crippen LogP contribution in [0.3, 0.4) is 0 Å². The van der Waals surface area contributed by atoms with Gasteiger partial charge in [0.25, 0.3) is 0 Å². The van der Waals surface area contributed by atoms with Crippen molar-refractivity contribution in [2.45, 2.75) is 24.9 Å². The topological polar surface area (TPSA) is 104 Å². The molecule has 0 aliphatic carbocycles. The van der Waals surface area contributed by atoms with Gasteiger partial charge in [0, 0.05) is 25.2 Å². The van der Waals surface area contributed by atoms with Crippen LogP contribution in [0.1, 0.15) is 19.3 Å². The number of aliphatic hydroxyl groups is 2. The minimum absolute atomic E-state index is 0.259. The number of rotatable bonds is 5. The Kier molecular flexibility index (Phi) is 6.33. The van der Waals surface area contributed by atoms with Gasteiger partial charge < -0.3 is 29.9 Å². The summed E-state index contributed by atoms with van der Waals surface area (Å²) >= 11 is 0. The van der Waals surface area contributed by atoms with Crippen LogP contribution in [0.2, 0.25) is 0 Å². The number of anilines is 1. The molecule has 1 aliphatic heterocycles. The molecule has 1 aliphatic rings. The number of nitrogens with one attached hydrogen (secondary N) is 1. The Bertz CT molecular complexity index is 799. The number of likely N-dealkylation sites (tertiary alicyclic amines) is 1. The molecule has 8 nitrogen and oxygen atoms in total. The van der Waals surface area contributed by atoms with Gasteiger partial charge in [0.2, 0.25) is 5.88 Å². The Labute approximate surface area is 163 Å². The lowest BCUT2D eigenvalue weighted by atomic mass is 9.96. The molecule has 1 aromatic heterocycles. The maximum absolute atomic E-state index is 12.5. The van der Waals surface area contributed by atoms with E-state index in [2.05, 4.69) is 10.3 Å². The molecule has 2 aromatic rings. The van der Waals surface area contributed by atoms with E-state index in [0.717, 1.165) is 0 Å². The first-order valence-electron chi connectivity index (χ1n) is 9.18. The van der Waals surface area contributed by atoms with Crippen LogP contribution < -0.4 is 14.8 Å². The average Bonchev–Trinajstić information content (AvgIpc) is 2.92. The highest BCUT2D eigenvalue weighted by Gasteiger charge is 2.30. The van der Waals surface area contributed by atoms with Gasteiger partial charge in [-0.15, -0.1) is 0 Å². The number of aliphatic hydroxyl groups excluding tert-OH is 1. The van der Waals surface area contributed by atoms with Crippen molar-refractivity contribution < 1.29 is 24.5 Å². The Morgan fingerprint density at radius 2 is 2.07 bits per heavy atom. The Balaban J connectivity index is 1.57. The normalized spacial score (nSPS) is 19.6. The van der Waals surface area contributed by atoms with Gasteiger partial charge in [0.15, 0.2) is 0 Å². The molecule has 1 unspecified atom stereocenters. The SMILES string of the molecule is COc1cccc(Oc2ccc(NC(=O)N3CCCC(O)(CO)CC3)cn2)c1. The Morgan fingerprint density at radius 1 is 1.25 bits per heavy atom. The monoisotopic (exact) mass is 387 g/mol. The fourth-order valence-corrected chi connectivity index (χ4v) is 3.04. The van der Waals surface area contributed by atoms with Crippen molar-refractivity contribution in [3.8, 4) is 17.4 Å². The highest BCUT2D eigenvalue weighted by Crippen LogP contribution is 2.25. The summed E-state index contributed by atoms with van der Waals surface area (Å²) in [5.74, 6) is 1.69. The smallest absolute Gasteiger partial charge is 0.321 e. The van der Waals surface area contributed by atoms with Crippen molar-refractivity contribution in [1.82, 2.24) is 9.88 Å². The van der Waals surface area contributed by atoms with Crippen LogP contribution in [0.15, 0.2) is 42.6 Å². The first-order valence-corrected chi connectivity index (χ1v) is 9.18. The third kappa shape index (κ3) is 5.11. The number of ether oxygens (including phenoxy) is 2. The first kappa shape index (κ1) is 19.9. The molecule has 2 heterocycles. The Hall–Kier alpha value is -2.84. The van der Waals surface area contributed by atoms with Crippen molar-refractivity contribution in [3.05, 3.63) is 42.6 Å². The summed E-state index contributed by atoms with van der Waals surface area (Å²) in [7, 11) is 1.59. The van der Waals surface area contributed by atoms with Crippen molar-refractivity contribution >= 4 is 11.7 Å². The summed E-state index contributed by atoms with van der Waals surface area (Å²) in [6.07, 6.45) is 2.99. The van der Waals surface area contributed by atoms with E-state index in [0.29, 0.717) is 55.4 Å². The third-order valence-electron chi connectivity index (χ3n) is 4.75. The van der Waals surface area contributed by atoms with Gasteiger partial charge in [0.05, 0.1) is 31.2 Å². The van der Waals surface area contributed by atoms with E-state index < -0.39 is 5.60 Å². The molecule has 8 heteroatoms. The van der Waals surface area contributed by atoms with E-state index in [1.807, 2.05) is 12.1 Å². The van der Waals surface area contributed by atoms with Gasteiger partial charge in [-0.2, -0.15) is 0 Å². The van der Waals surface area contributed by atoms with Gasteiger partial charge in [-0.25, -0.2) is 9.78 Å². The van der Waals surface area contributed by atoms with Gasteiger partial charge in [-0.3, -0.25) is 0 Å². The van der Waals surface area contributed by atoms with Crippen LogP contribution in [-0.2, 0) is 0 Å². The number of aromatic nitrogens is 1. The molecule has 28 heavy (non-hydrogen) atoms. The quantitative estimate of drug-likeness (QED) is 0.729. The number of benzene rings is 1. The zero-order valence-corrected chi connectivity index (χ0v) is 15.8. The van der Waals surface area contributed by atoms with Gasteiger partial charge in [-0.1, -0.05) is 6.07 Å². The van der Waals surface area contributed by atoms with Gasteiger partial charge in [-0.05, 0) is 37.5 Å². The molecule has 3 N–H and O–H groups in total. The second kappa shape index (κ2) is 8.90. The number of hydrogen-bond donors (Lipinski definition) is 3. The molecule has 3 rings (SSSR count). The standard InChI is InChI=1S/C20H25N3O5/c1-27-16-4-2-5-17(12-16)28-18-7-6-15(13-21-18)22-19(25)23-10-3-8-20(26,14-24)9-11-23/h2,4-7,12-13,24,26H,3,8-11,14H2,1H3,(H,22,25). The summed E-state index contributed by atoms with van der Waals surface area (Å²) in [4.78, 5) is 18.3. The molecular formula is C20H25N3O5. The van der Waals surface area contributed by atoms with Crippen LogP contribution >= 0.6 is 0 Å². The van der Waals surface area contributed by atoms with E-state index in [1.54, 1.807) is 36.3 Å². The van der Waals surface area contributed by atoms with E-state index in [-0.39, 0.29) is 12.6 Å². The summed E-state index contributed by atoms with van der Waals surface area (Å²) < 4.78 is 10.8. The molecule has 2 amide bonds. The number of pyridine rings is 1. The predicted molar refractivity (Wildman–Crippen MR) is 104 cm³/mol. The summed E-state index contributed by atoms with van der Waals surface area (Å²) in [5, 5.41) is 22.3. The molecule has 1 atom stereocenters. The van der Waals surface area contributed by atoms with Crippen LogP contribution in [0.5, 0.6) is 17.4 Å². The van der Waals surface area contributed by atoms with Gasteiger partial charge >= 0.3 is 6.03 Å². The summed E-state index contributed by atoms with van der Waals surface area (Å²) in [5.41, 5.74) is -0.556. The van der Waals surface area contributed by atoms with Crippen LogP contribution in [0, 0.1) is 0 Å². The maximum Gasteiger partial charge on any atom is 0.321 e. The maximum atomic E-state index is 12.5. The number of nitrogens with zero attached hydrogens (tertiary/aromatic N) is 2. The second-order valence-electron chi connectivity index (χ2n) is 6.82. The van der Waals surface area contributed by atoms with Crippen molar-refractivity contribution in [2.75, 3.05) is 32.1 Å². The highest BCUT2D eigenvalue weighted by atomic mass is 16.5. The number of urea groups is 1. The molecule has 0 saturated carbocycles. The number of hydrogen-bond acceptors (Lipinski definition) is 6. The van der Waals surface area contributed by atoms with Crippen LogP contribution in [0.25, 0.3) is 0 Å². The molecule has 0 radical (unpaired) electrons. The molecule has 1 aromatic carbocycles. The lowest BCUT2D eigenvalue weighted by molar-refractivity contribution is -0.0247. The molecular weight excluding hydrogens is 362 g/mol. The van der Waals surface area contributed by atoms with Gasteiger partial charge in [0.1, 0.15) is 11.5 Å². The minimum atomic E-state index is -1.10. The molecule has 1 saturated heterocycles. The summed E-state index contributed by atoms with van der Waals surface area (Å²) in [6.45, 7) is 0.618. The minimum Gasteiger partial charge on any atom is -0.497 e. The highest BCUT2D eigenvalue weighted by molar-refractivity contribution is 5.89. The van der Waals surface area contributed by atoms with Crippen LogP contribution in [-0.4, -0.2) is 58.5 Å². The van der Waals surface area contributed by atoms with Crippen LogP contribution in [0.4, 0.5) is 10.5 Å². The zero-order chi connectivity index (χ0) is 20.0. The zero-order valence-electron chi connectivity index (χ0n) is 15.8. The number of carbonyl (C=O) groups excluding carboxylic acids is 1. The van der Waals surface area contributed by atoms with Crippen molar-refractivity contribution in [1.29, 1.82) is 0 Å². The predicted octanol–water partition coefficient (Wildman–Crippen LogP) is 2.62. The number of amides is 2. The average molecular weight is 387 g/mol.